The first-order chi connectivity index (χ1) is 9.13. The predicted molar refractivity (Wildman–Crippen MR) is 77.3 cm³/mol. The number of carbonyl (C=O) groups is 1. The van der Waals surface area contributed by atoms with Crippen molar-refractivity contribution in [2.45, 2.75) is 26.7 Å². The molecule has 0 saturated carbocycles. The Morgan fingerprint density at radius 1 is 1.53 bits per heavy atom. The van der Waals surface area contributed by atoms with E-state index in [1.165, 1.54) is 4.91 Å². The highest BCUT2D eigenvalue weighted by molar-refractivity contribution is 8.03. The van der Waals surface area contributed by atoms with Gasteiger partial charge in [0.05, 0.1) is 11.3 Å². The molecule has 0 aromatic rings. The number of oxime groups is 1. The summed E-state index contributed by atoms with van der Waals surface area (Å²) in [5.41, 5.74) is 3.22. The highest BCUT2D eigenvalue weighted by Gasteiger charge is 2.22. The van der Waals surface area contributed by atoms with Crippen LogP contribution in [0.25, 0.3) is 0 Å². The fraction of sp³-hybridized carbons (Fsp3) is 0.429. The fourth-order valence-corrected chi connectivity index (χ4v) is 3.32. The molecular formula is C14H17NO3S. The lowest BCUT2D eigenvalue weighted by atomic mass is 10.1. The quantitative estimate of drug-likeness (QED) is 0.806. The highest BCUT2D eigenvalue weighted by Crippen LogP contribution is 2.36. The summed E-state index contributed by atoms with van der Waals surface area (Å²) in [6.45, 7) is 4.31. The summed E-state index contributed by atoms with van der Waals surface area (Å²) in [6.07, 6.45) is 5.07. The van der Waals surface area contributed by atoms with Gasteiger partial charge in [-0.3, -0.25) is 0 Å². The van der Waals surface area contributed by atoms with E-state index in [9.17, 15) is 9.90 Å². The molecule has 2 rings (SSSR count). The first kappa shape index (κ1) is 13.9. The minimum Gasteiger partial charge on any atom is -0.478 e. The molecule has 2 aliphatic rings. The minimum atomic E-state index is -0.873. The molecule has 0 aromatic carbocycles. The summed E-state index contributed by atoms with van der Waals surface area (Å²) >= 11 is 1.78. The summed E-state index contributed by atoms with van der Waals surface area (Å²) in [4.78, 5) is 17.5. The van der Waals surface area contributed by atoms with Crippen molar-refractivity contribution < 1.29 is 14.7 Å². The summed E-state index contributed by atoms with van der Waals surface area (Å²) in [5, 5.41) is 13.3. The lowest BCUT2D eigenvalue weighted by molar-refractivity contribution is -0.132. The maximum atomic E-state index is 11.2. The third-order valence-corrected chi connectivity index (χ3v) is 4.18. The van der Waals surface area contributed by atoms with Crippen LogP contribution < -0.4 is 0 Å². The molecule has 0 saturated heterocycles. The predicted octanol–water partition coefficient (Wildman–Crippen LogP) is 3.13. The molecule has 4 nitrogen and oxygen atoms in total. The second-order valence-electron chi connectivity index (χ2n) is 4.40. The number of hydrogen-bond acceptors (Lipinski definition) is 4. The molecule has 1 heterocycles. The van der Waals surface area contributed by atoms with Crippen LogP contribution in [0.5, 0.6) is 0 Å². The third-order valence-electron chi connectivity index (χ3n) is 3.06. The molecule has 0 aromatic heterocycles. The van der Waals surface area contributed by atoms with E-state index in [0.29, 0.717) is 18.6 Å². The Bertz CT molecular complexity index is 515. The van der Waals surface area contributed by atoms with Crippen LogP contribution in [0.4, 0.5) is 0 Å². The molecule has 0 atom stereocenters. The van der Waals surface area contributed by atoms with Crippen LogP contribution >= 0.6 is 11.8 Å². The van der Waals surface area contributed by atoms with Crippen molar-refractivity contribution >= 4 is 23.4 Å². The molecule has 0 amide bonds. The number of carboxylic acids is 1. The monoisotopic (exact) mass is 279 g/mol. The van der Waals surface area contributed by atoms with E-state index in [0.717, 1.165) is 29.0 Å². The molecule has 19 heavy (non-hydrogen) atoms. The average Bonchev–Trinajstić information content (AvgIpc) is 2.54. The first-order valence-corrected chi connectivity index (χ1v) is 7.28. The van der Waals surface area contributed by atoms with Gasteiger partial charge in [0.25, 0.3) is 0 Å². The molecule has 1 aliphatic carbocycles. The second kappa shape index (κ2) is 6.10. The van der Waals surface area contributed by atoms with Crippen LogP contribution in [-0.4, -0.2) is 29.1 Å². The van der Waals surface area contributed by atoms with Gasteiger partial charge in [0.2, 0.25) is 0 Å². The molecule has 0 spiro atoms. The van der Waals surface area contributed by atoms with E-state index in [2.05, 4.69) is 5.16 Å². The summed E-state index contributed by atoms with van der Waals surface area (Å²) in [6, 6.07) is 0. The van der Waals surface area contributed by atoms with Gasteiger partial charge in [-0.05, 0) is 24.8 Å². The first-order valence-electron chi connectivity index (χ1n) is 6.29. The van der Waals surface area contributed by atoms with E-state index < -0.39 is 5.97 Å². The zero-order valence-corrected chi connectivity index (χ0v) is 11.9. The van der Waals surface area contributed by atoms with Crippen LogP contribution in [-0.2, 0) is 9.63 Å². The van der Waals surface area contributed by atoms with Crippen molar-refractivity contribution in [1.29, 1.82) is 0 Å². The van der Waals surface area contributed by atoms with E-state index >= 15 is 0 Å². The lowest BCUT2D eigenvalue weighted by Gasteiger charge is -2.18. The maximum absolute atomic E-state index is 11.2. The SMILES string of the molecule is CCO/N=C1\CCSC2=C1C=CC(C(=O)O)=C(C)C2. The van der Waals surface area contributed by atoms with Gasteiger partial charge >= 0.3 is 5.97 Å². The molecule has 5 heteroatoms. The zero-order valence-electron chi connectivity index (χ0n) is 11.1. The summed E-state index contributed by atoms with van der Waals surface area (Å²) in [7, 11) is 0. The standard InChI is InChI=1S/C14H17NO3S/c1-3-18-15-12-6-7-19-13-8-9(2)10(14(16)17)4-5-11(12)13/h4-5H,3,6-8H2,1-2H3,(H,16,17)/b15-12+. The Labute approximate surface area is 116 Å². The Morgan fingerprint density at radius 3 is 3.00 bits per heavy atom. The number of thioether (sulfide) groups is 1. The van der Waals surface area contributed by atoms with Crippen molar-refractivity contribution in [1.82, 2.24) is 0 Å². The largest absolute Gasteiger partial charge is 0.478 e. The van der Waals surface area contributed by atoms with Gasteiger partial charge in [0, 0.05) is 24.2 Å². The Kier molecular flexibility index (Phi) is 4.47. The molecule has 0 bridgehead atoms. The lowest BCUT2D eigenvalue weighted by Crippen LogP contribution is -2.11. The summed E-state index contributed by atoms with van der Waals surface area (Å²) < 4.78 is 0. The number of rotatable bonds is 3. The van der Waals surface area contributed by atoms with Gasteiger partial charge in [-0.15, -0.1) is 11.8 Å². The van der Waals surface area contributed by atoms with Crippen LogP contribution in [0, 0.1) is 0 Å². The van der Waals surface area contributed by atoms with Crippen LogP contribution in [0.1, 0.15) is 26.7 Å². The number of hydrogen-bond donors (Lipinski definition) is 1. The molecule has 102 valence electrons. The molecule has 0 unspecified atom stereocenters. The van der Waals surface area contributed by atoms with Crippen LogP contribution in [0.15, 0.2) is 38.9 Å². The van der Waals surface area contributed by atoms with Crippen molar-refractivity contribution in [3.63, 3.8) is 0 Å². The van der Waals surface area contributed by atoms with E-state index in [4.69, 9.17) is 4.84 Å². The van der Waals surface area contributed by atoms with Crippen LogP contribution in [0.2, 0.25) is 0 Å². The van der Waals surface area contributed by atoms with Gasteiger partial charge in [0.15, 0.2) is 0 Å². The molecule has 0 fully saturated rings. The number of allylic oxidation sites excluding steroid dienone is 4. The van der Waals surface area contributed by atoms with Gasteiger partial charge in [-0.1, -0.05) is 16.8 Å². The second-order valence-corrected chi connectivity index (χ2v) is 5.59. The van der Waals surface area contributed by atoms with Gasteiger partial charge in [-0.2, -0.15) is 0 Å². The molecule has 0 radical (unpaired) electrons. The number of nitrogens with zero attached hydrogens (tertiary/aromatic N) is 1. The van der Waals surface area contributed by atoms with E-state index in [1.807, 2.05) is 19.9 Å². The van der Waals surface area contributed by atoms with Crippen molar-refractivity contribution in [3.8, 4) is 0 Å². The van der Waals surface area contributed by atoms with E-state index in [-0.39, 0.29) is 0 Å². The average molecular weight is 279 g/mol. The van der Waals surface area contributed by atoms with Crippen molar-refractivity contribution in [2.24, 2.45) is 5.16 Å². The molecular weight excluding hydrogens is 262 g/mol. The van der Waals surface area contributed by atoms with E-state index in [1.54, 1.807) is 17.8 Å². The Morgan fingerprint density at radius 2 is 2.32 bits per heavy atom. The molecule has 1 N–H and O–H groups in total. The highest BCUT2D eigenvalue weighted by atomic mass is 32.2. The third kappa shape index (κ3) is 3.10. The van der Waals surface area contributed by atoms with Crippen molar-refractivity contribution in [3.05, 3.63) is 33.8 Å². The fourth-order valence-electron chi connectivity index (χ4n) is 2.12. The maximum Gasteiger partial charge on any atom is 0.335 e. The topological polar surface area (TPSA) is 58.9 Å². The smallest absolute Gasteiger partial charge is 0.335 e. The Hall–Kier alpha value is -1.49. The van der Waals surface area contributed by atoms with Gasteiger partial charge in [-0.25, -0.2) is 4.79 Å². The zero-order chi connectivity index (χ0) is 13.8. The number of carboxylic acid groups (broad SMARTS) is 1. The van der Waals surface area contributed by atoms with Crippen LogP contribution in [0.3, 0.4) is 0 Å². The minimum absolute atomic E-state index is 0.380. The van der Waals surface area contributed by atoms with Gasteiger partial charge in [0.1, 0.15) is 6.61 Å². The Balaban J connectivity index is 2.36. The number of aliphatic carboxylic acids is 1. The summed E-state index contributed by atoms with van der Waals surface area (Å²) in [5.74, 6) is 0.0933. The van der Waals surface area contributed by atoms with Crippen molar-refractivity contribution in [2.75, 3.05) is 12.4 Å². The van der Waals surface area contributed by atoms with Gasteiger partial charge < -0.3 is 9.94 Å². The normalized spacial score (nSPS) is 21.5. The molecule has 1 aliphatic heterocycles.